The van der Waals surface area contributed by atoms with Crippen molar-refractivity contribution in [2.24, 2.45) is 11.8 Å². The first-order valence-corrected chi connectivity index (χ1v) is 17.3. The molecule has 0 bridgehead atoms. The Balaban J connectivity index is 1.31. The van der Waals surface area contributed by atoms with Crippen LogP contribution in [0.25, 0.3) is 0 Å². The number of nitrogens with one attached hydrogen (secondary N) is 1. The summed E-state index contributed by atoms with van der Waals surface area (Å²) in [6.45, 7) is 2.91. The van der Waals surface area contributed by atoms with E-state index in [0.717, 1.165) is 60.4 Å². The molecule has 2 unspecified atom stereocenters. The smallest absolute Gasteiger partial charge is 0.220 e. The number of hydrogen-bond acceptors (Lipinski definition) is 5. The number of aromatic nitrogens is 1. The lowest BCUT2D eigenvalue weighted by Gasteiger charge is -2.39. The summed E-state index contributed by atoms with van der Waals surface area (Å²) in [4.78, 5) is 9.90. The molecule has 1 heterocycles. The van der Waals surface area contributed by atoms with E-state index in [4.69, 9.17) is 21.0 Å². The van der Waals surface area contributed by atoms with Gasteiger partial charge in [-0.2, -0.15) is 0 Å². The molecule has 0 radical (unpaired) electrons. The molecule has 0 spiro atoms. The molecule has 1 N–H and O–H groups in total. The van der Waals surface area contributed by atoms with E-state index >= 15 is 0 Å². The zero-order valence-electron chi connectivity index (χ0n) is 28.1. The van der Waals surface area contributed by atoms with Crippen LogP contribution in [0.1, 0.15) is 71.6 Å². The second-order valence-corrected chi connectivity index (χ2v) is 13.8. The van der Waals surface area contributed by atoms with Gasteiger partial charge in [-0.3, -0.25) is 0 Å². The van der Waals surface area contributed by atoms with Crippen LogP contribution in [0.3, 0.4) is 0 Å². The molecule has 5 aromatic rings. The van der Waals surface area contributed by atoms with Crippen molar-refractivity contribution in [1.29, 1.82) is 0 Å². The summed E-state index contributed by atoms with van der Waals surface area (Å²) in [5.74, 6) is 2.56. The SMILES string of the molecule is Cc1ccccc1NC(c1nc(Cc2ccccc2)c(N(C)Cc2ccccc2)o1)C1CCC(C(c2ccc(Cl)cc2)N(C)C)CC1. The third-order valence-electron chi connectivity index (χ3n) is 9.74. The number of nitrogens with zero attached hydrogens (tertiary/aromatic N) is 3. The number of para-hydroxylation sites is 1. The lowest BCUT2D eigenvalue weighted by atomic mass is 9.74. The van der Waals surface area contributed by atoms with E-state index < -0.39 is 0 Å². The molecule has 47 heavy (non-hydrogen) atoms. The maximum Gasteiger partial charge on any atom is 0.220 e. The van der Waals surface area contributed by atoms with Crippen molar-refractivity contribution in [3.05, 3.63) is 148 Å². The summed E-state index contributed by atoms with van der Waals surface area (Å²) >= 11 is 6.25. The van der Waals surface area contributed by atoms with E-state index in [9.17, 15) is 0 Å². The van der Waals surface area contributed by atoms with Crippen LogP contribution in [0.4, 0.5) is 11.6 Å². The Labute approximate surface area is 285 Å². The predicted molar refractivity (Wildman–Crippen MR) is 195 cm³/mol. The van der Waals surface area contributed by atoms with E-state index in [-0.39, 0.29) is 6.04 Å². The maximum absolute atomic E-state index is 6.87. The Morgan fingerprint density at radius 3 is 2.00 bits per heavy atom. The van der Waals surface area contributed by atoms with Crippen LogP contribution in [0, 0.1) is 18.8 Å². The first-order valence-electron chi connectivity index (χ1n) is 16.9. The van der Waals surface area contributed by atoms with E-state index in [1.54, 1.807) is 0 Å². The van der Waals surface area contributed by atoms with Crippen LogP contribution in [0.15, 0.2) is 114 Å². The molecule has 6 rings (SSSR count). The zero-order chi connectivity index (χ0) is 32.8. The fourth-order valence-electron chi connectivity index (χ4n) is 7.36. The lowest BCUT2D eigenvalue weighted by Crippen LogP contribution is -2.33. The molecular weight excluding hydrogens is 600 g/mol. The highest BCUT2D eigenvalue weighted by molar-refractivity contribution is 6.30. The highest BCUT2D eigenvalue weighted by atomic mass is 35.5. The van der Waals surface area contributed by atoms with E-state index in [1.807, 2.05) is 12.1 Å². The number of benzene rings is 4. The maximum atomic E-state index is 6.87. The topological polar surface area (TPSA) is 44.5 Å². The fourth-order valence-corrected chi connectivity index (χ4v) is 7.48. The van der Waals surface area contributed by atoms with E-state index in [1.165, 1.54) is 22.3 Å². The van der Waals surface area contributed by atoms with Crippen LogP contribution < -0.4 is 10.2 Å². The van der Waals surface area contributed by atoms with Gasteiger partial charge in [0.25, 0.3) is 0 Å². The highest BCUT2D eigenvalue weighted by Gasteiger charge is 2.36. The summed E-state index contributed by atoms with van der Waals surface area (Å²) in [7, 11) is 6.50. The van der Waals surface area contributed by atoms with Gasteiger partial charge in [-0.25, -0.2) is 4.98 Å². The Bertz CT molecular complexity index is 1700. The molecule has 6 heteroatoms. The summed E-state index contributed by atoms with van der Waals surface area (Å²) in [6, 6.07) is 38.4. The highest BCUT2D eigenvalue weighted by Crippen LogP contribution is 2.45. The molecule has 5 nitrogen and oxygen atoms in total. The number of aryl methyl sites for hydroxylation is 1. The van der Waals surface area contributed by atoms with Gasteiger partial charge in [0.05, 0.1) is 0 Å². The standard InChI is InChI=1S/C41H47ClN4O/c1-29-13-11-12-18-36(29)43-38(32-19-21-33(22-20-32)39(45(2)3)34-23-25-35(42)26-24-34)40-44-37(27-30-14-7-5-8-15-30)41(47-40)46(4)28-31-16-9-6-10-17-31/h5-18,23-26,32-33,38-39,43H,19-22,27-28H2,1-4H3. The molecule has 2 atom stereocenters. The molecular formula is C41H47ClN4O. The number of hydrogen-bond donors (Lipinski definition) is 1. The van der Waals surface area contributed by atoms with E-state index in [2.05, 4.69) is 140 Å². The van der Waals surface area contributed by atoms with Crippen LogP contribution in [0.5, 0.6) is 0 Å². The van der Waals surface area contributed by atoms with Gasteiger partial charge in [0, 0.05) is 36.8 Å². The minimum atomic E-state index is -0.0428. The molecule has 244 valence electrons. The summed E-state index contributed by atoms with van der Waals surface area (Å²) in [6.07, 6.45) is 5.19. The average Bonchev–Trinajstić information content (AvgIpc) is 3.50. The number of oxazole rings is 1. The second kappa shape index (κ2) is 15.2. The normalized spacial score (nSPS) is 17.7. The number of halogens is 1. The van der Waals surface area contributed by atoms with Crippen molar-refractivity contribution >= 4 is 23.2 Å². The van der Waals surface area contributed by atoms with Crippen LogP contribution in [-0.2, 0) is 13.0 Å². The van der Waals surface area contributed by atoms with Crippen molar-refractivity contribution in [2.45, 2.75) is 57.7 Å². The molecule has 1 aromatic heterocycles. The first kappa shape index (κ1) is 32.9. The van der Waals surface area contributed by atoms with Gasteiger partial charge in [-0.1, -0.05) is 103 Å². The second-order valence-electron chi connectivity index (χ2n) is 13.4. The average molecular weight is 647 g/mol. The predicted octanol–water partition coefficient (Wildman–Crippen LogP) is 10.1. The quantitative estimate of drug-likeness (QED) is 0.146. The van der Waals surface area contributed by atoms with Gasteiger partial charge in [-0.15, -0.1) is 0 Å². The largest absolute Gasteiger partial charge is 0.423 e. The third kappa shape index (κ3) is 8.09. The van der Waals surface area contributed by atoms with Gasteiger partial charge < -0.3 is 19.5 Å². The minimum absolute atomic E-state index is 0.0428. The molecule has 0 saturated heterocycles. The Morgan fingerprint density at radius 1 is 0.766 bits per heavy atom. The van der Waals surface area contributed by atoms with Crippen LogP contribution >= 0.6 is 11.6 Å². The lowest BCUT2D eigenvalue weighted by molar-refractivity contribution is 0.139. The van der Waals surface area contributed by atoms with Gasteiger partial charge in [0.15, 0.2) is 0 Å². The first-order chi connectivity index (χ1) is 22.9. The summed E-state index contributed by atoms with van der Waals surface area (Å²) in [5.41, 5.74) is 7.13. The van der Waals surface area contributed by atoms with Gasteiger partial charge in [0.2, 0.25) is 11.8 Å². The van der Waals surface area contributed by atoms with Crippen molar-refractivity contribution in [3.8, 4) is 0 Å². The zero-order valence-corrected chi connectivity index (χ0v) is 28.8. The molecule has 1 saturated carbocycles. The number of anilines is 2. The van der Waals surface area contributed by atoms with Crippen LogP contribution in [0.2, 0.25) is 5.02 Å². The van der Waals surface area contributed by atoms with Gasteiger partial charge in [-0.05, 0) is 99.0 Å². The summed E-state index contributed by atoms with van der Waals surface area (Å²) < 4.78 is 6.87. The molecule has 1 aliphatic rings. The van der Waals surface area contributed by atoms with Crippen molar-refractivity contribution in [2.75, 3.05) is 31.4 Å². The summed E-state index contributed by atoms with van der Waals surface area (Å²) in [5, 5.41) is 4.71. The molecule has 0 amide bonds. The minimum Gasteiger partial charge on any atom is -0.423 e. The molecule has 0 aliphatic heterocycles. The Morgan fingerprint density at radius 2 is 1.36 bits per heavy atom. The molecule has 1 fully saturated rings. The van der Waals surface area contributed by atoms with Gasteiger partial charge >= 0.3 is 0 Å². The fraction of sp³-hybridized carbons (Fsp3) is 0.341. The number of rotatable bonds is 12. The van der Waals surface area contributed by atoms with E-state index in [0.29, 0.717) is 24.3 Å². The van der Waals surface area contributed by atoms with Crippen molar-refractivity contribution in [1.82, 2.24) is 9.88 Å². The monoisotopic (exact) mass is 646 g/mol. The Hall–Kier alpha value is -4.06. The van der Waals surface area contributed by atoms with Gasteiger partial charge in [0.1, 0.15) is 11.7 Å². The molecule has 1 aliphatic carbocycles. The van der Waals surface area contributed by atoms with Crippen LogP contribution in [-0.4, -0.2) is 31.0 Å². The molecule has 4 aromatic carbocycles. The van der Waals surface area contributed by atoms with Crippen molar-refractivity contribution < 1.29 is 4.42 Å². The Kier molecular flexibility index (Phi) is 10.6. The third-order valence-corrected chi connectivity index (χ3v) is 9.99. The van der Waals surface area contributed by atoms with Crippen molar-refractivity contribution in [3.63, 3.8) is 0 Å².